The lowest BCUT2D eigenvalue weighted by atomic mass is 10.0. The Morgan fingerprint density at radius 2 is 1.55 bits per heavy atom. The van der Waals surface area contributed by atoms with Gasteiger partial charge in [-0.3, -0.25) is 0 Å². The molecule has 0 bridgehead atoms. The first-order valence-electron chi connectivity index (χ1n) is 6.59. The van der Waals surface area contributed by atoms with E-state index in [0.29, 0.717) is 0 Å². The van der Waals surface area contributed by atoms with Crippen LogP contribution in [0.1, 0.15) is 0 Å². The van der Waals surface area contributed by atoms with Crippen LogP contribution in [0.4, 0.5) is 11.5 Å². The van der Waals surface area contributed by atoms with E-state index in [2.05, 4.69) is 12.1 Å². The molecule has 0 aliphatic carbocycles. The van der Waals surface area contributed by atoms with Gasteiger partial charge in [0.1, 0.15) is 5.82 Å². The highest BCUT2D eigenvalue weighted by Crippen LogP contribution is 2.37. The highest BCUT2D eigenvalue weighted by molar-refractivity contribution is 6.02. The van der Waals surface area contributed by atoms with E-state index in [0.717, 1.165) is 33.5 Å². The molecule has 20 heavy (non-hydrogen) atoms. The summed E-state index contributed by atoms with van der Waals surface area (Å²) >= 11 is 0. The number of nitrogens with two attached hydrogens (primary N) is 1. The molecule has 0 unspecified atom stereocenters. The monoisotopic (exact) mass is 263 g/mol. The molecule has 0 fully saturated rings. The van der Waals surface area contributed by atoms with E-state index in [1.807, 2.05) is 61.5 Å². The first-order valence-corrected chi connectivity index (χ1v) is 6.59. The second kappa shape index (κ2) is 4.85. The Morgan fingerprint density at radius 1 is 0.900 bits per heavy atom. The quantitative estimate of drug-likeness (QED) is 0.768. The maximum Gasteiger partial charge on any atom is 0.138 e. The summed E-state index contributed by atoms with van der Waals surface area (Å²) in [6.07, 6.45) is 0. The van der Waals surface area contributed by atoms with Crippen LogP contribution in [0.15, 0.2) is 54.6 Å². The molecule has 0 atom stereocenters. The van der Waals surface area contributed by atoms with E-state index in [9.17, 15) is 0 Å². The minimum absolute atomic E-state index is 0.783. The van der Waals surface area contributed by atoms with Crippen LogP contribution in [0, 0.1) is 0 Å². The third kappa shape index (κ3) is 1.97. The van der Waals surface area contributed by atoms with E-state index >= 15 is 0 Å². The number of fused-ring (bicyclic) bond motifs is 1. The summed E-state index contributed by atoms with van der Waals surface area (Å²) in [5, 5.41) is 0.997. The van der Waals surface area contributed by atoms with Gasteiger partial charge in [-0.15, -0.1) is 0 Å². The van der Waals surface area contributed by atoms with Crippen LogP contribution < -0.4 is 10.6 Å². The van der Waals surface area contributed by atoms with Gasteiger partial charge in [-0.2, -0.15) is 0 Å². The summed E-state index contributed by atoms with van der Waals surface area (Å²) in [7, 11) is 3.98. The largest absolute Gasteiger partial charge is 0.398 e. The number of hydrogen-bond acceptors (Lipinski definition) is 3. The van der Waals surface area contributed by atoms with Gasteiger partial charge in [0.05, 0.1) is 11.2 Å². The Labute approximate surface area is 118 Å². The first-order chi connectivity index (χ1) is 9.68. The Bertz CT molecular complexity index is 749. The number of nitrogens with zero attached hydrogens (tertiary/aromatic N) is 2. The average molecular weight is 263 g/mol. The first kappa shape index (κ1) is 12.5. The van der Waals surface area contributed by atoms with Crippen molar-refractivity contribution in [3.8, 4) is 11.1 Å². The molecular formula is C17H17N3. The molecule has 0 radical (unpaired) electrons. The van der Waals surface area contributed by atoms with Crippen molar-refractivity contribution in [1.82, 2.24) is 4.98 Å². The Kier molecular flexibility index (Phi) is 3.03. The zero-order valence-electron chi connectivity index (χ0n) is 11.7. The van der Waals surface area contributed by atoms with E-state index in [1.54, 1.807) is 0 Å². The SMILES string of the molecule is CN(C)c1nc2ccccc2c(N)c1-c1ccccc1. The Hall–Kier alpha value is -2.55. The number of rotatable bonds is 2. The Balaban J connectivity index is 2.39. The number of nitrogen functional groups attached to an aromatic ring is 1. The molecule has 1 aromatic heterocycles. The molecule has 3 nitrogen and oxygen atoms in total. The maximum atomic E-state index is 6.42. The van der Waals surface area contributed by atoms with Crippen LogP contribution in [0.25, 0.3) is 22.0 Å². The van der Waals surface area contributed by atoms with E-state index in [-0.39, 0.29) is 0 Å². The lowest BCUT2D eigenvalue weighted by Crippen LogP contribution is -2.13. The fraction of sp³-hybridized carbons (Fsp3) is 0.118. The van der Waals surface area contributed by atoms with Gasteiger partial charge in [0.15, 0.2) is 0 Å². The summed E-state index contributed by atoms with van der Waals surface area (Å²) in [4.78, 5) is 6.76. The number of benzene rings is 2. The van der Waals surface area contributed by atoms with Crippen LogP contribution in [0.3, 0.4) is 0 Å². The zero-order chi connectivity index (χ0) is 14.1. The number of pyridine rings is 1. The molecular weight excluding hydrogens is 246 g/mol. The molecule has 3 aromatic rings. The number of para-hydroxylation sites is 1. The van der Waals surface area contributed by atoms with Gasteiger partial charge in [-0.05, 0) is 11.6 Å². The summed E-state index contributed by atoms with van der Waals surface area (Å²) in [5.41, 5.74) is 10.2. The molecule has 100 valence electrons. The minimum atomic E-state index is 0.783. The number of aromatic nitrogens is 1. The Morgan fingerprint density at radius 3 is 2.25 bits per heavy atom. The normalized spacial score (nSPS) is 10.7. The van der Waals surface area contributed by atoms with Crippen molar-refractivity contribution in [2.45, 2.75) is 0 Å². The van der Waals surface area contributed by atoms with Crippen LogP contribution in [0.2, 0.25) is 0 Å². The van der Waals surface area contributed by atoms with Crippen molar-refractivity contribution in [3.63, 3.8) is 0 Å². The van der Waals surface area contributed by atoms with Crippen molar-refractivity contribution in [2.75, 3.05) is 24.7 Å². The molecule has 2 N–H and O–H groups in total. The lowest BCUT2D eigenvalue weighted by molar-refractivity contribution is 1.09. The summed E-state index contributed by atoms with van der Waals surface area (Å²) in [6, 6.07) is 18.2. The fourth-order valence-corrected chi connectivity index (χ4v) is 2.44. The number of anilines is 2. The van der Waals surface area contributed by atoms with E-state index in [1.165, 1.54) is 0 Å². The fourth-order valence-electron chi connectivity index (χ4n) is 2.44. The van der Waals surface area contributed by atoms with Crippen molar-refractivity contribution in [3.05, 3.63) is 54.6 Å². The van der Waals surface area contributed by atoms with Gasteiger partial charge in [0, 0.05) is 25.0 Å². The second-order valence-corrected chi connectivity index (χ2v) is 5.00. The third-order valence-electron chi connectivity index (χ3n) is 3.40. The summed E-state index contributed by atoms with van der Waals surface area (Å²) in [6.45, 7) is 0. The summed E-state index contributed by atoms with van der Waals surface area (Å²) in [5.74, 6) is 0.896. The van der Waals surface area contributed by atoms with Crippen LogP contribution in [-0.2, 0) is 0 Å². The molecule has 0 saturated carbocycles. The van der Waals surface area contributed by atoms with Crippen LogP contribution in [-0.4, -0.2) is 19.1 Å². The van der Waals surface area contributed by atoms with Crippen LogP contribution in [0.5, 0.6) is 0 Å². The predicted molar refractivity (Wildman–Crippen MR) is 85.9 cm³/mol. The van der Waals surface area contributed by atoms with Gasteiger partial charge in [-0.1, -0.05) is 48.5 Å². The standard InChI is InChI=1S/C17H17N3/c1-20(2)17-15(12-8-4-3-5-9-12)16(18)13-10-6-7-11-14(13)19-17/h3-11H,1-2H3,(H2,18,19). The molecule has 0 saturated heterocycles. The maximum absolute atomic E-state index is 6.42. The van der Waals surface area contributed by atoms with E-state index in [4.69, 9.17) is 10.7 Å². The van der Waals surface area contributed by atoms with Crippen molar-refractivity contribution >= 4 is 22.4 Å². The van der Waals surface area contributed by atoms with Gasteiger partial charge in [-0.25, -0.2) is 4.98 Å². The van der Waals surface area contributed by atoms with Crippen molar-refractivity contribution in [1.29, 1.82) is 0 Å². The average Bonchev–Trinajstić information content (AvgIpc) is 2.48. The van der Waals surface area contributed by atoms with Crippen LogP contribution >= 0.6 is 0 Å². The molecule has 1 heterocycles. The molecule has 2 aromatic carbocycles. The molecule has 3 heteroatoms. The highest BCUT2D eigenvalue weighted by Gasteiger charge is 2.15. The molecule has 0 spiro atoms. The predicted octanol–water partition coefficient (Wildman–Crippen LogP) is 3.55. The van der Waals surface area contributed by atoms with Gasteiger partial charge in [0.2, 0.25) is 0 Å². The van der Waals surface area contributed by atoms with Gasteiger partial charge < -0.3 is 10.6 Å². The number of hydrogen-bond donors (Lipinski definition) is 1. The van der Waals surface area contributed by atoms with Gasteiger partial charge in [0.25, 0.3) is 0 Å². The third-order valence-corrected chi connectivity index (χ3v) is 3.40. The molecule has 3 rings (SSSR count). The molecule has 0 aliphatic rings. The minimum Gasteiger partial charge on any atom is -0.398 e. The topological polar surface area (TPSA) is 42.2 Å². The summed E-state index contributed by atoms with van der Waals surface area (Å²) < 4.78 is 0. The smallest absolute Gasteiger partial charge is 0.138 e. The highest BCUT2D eigenvalue weighted by atomic mass is 15.1. The molecule has 0 aliphatic heterocycles. The van der Waals surface area contributed by atoms with Crippen molar-refractivity contribution in [2.24, 2.45) is 0 Å². The van der Waals surface area contributed by atoms with E-state index < -0.39 is 0 Å². The van der Waals surface area contributed by atoms with Crippen molar-refractivity contribution < 1.29 is 0 Å². The second-order valence-electron chi connectivity index (χ2n) is 5.00. The zero-order valence-corrected chi connectivity index (χ0v) is 11.7. The molecule has 0 amide bonds. The van der Waals surface area contributed by atoms with Gasteiger partial charge >= 0.3 is 0 Å². The lowest BCUT2D eigenvalue weighted by Gasteiger charge is -2.19.